The molecule has 0 aliphatic heterocycles. The van der Waals surface area contributed by atoms with Crippen LogP contribution in [0.5, 0.6) is 11.5 Å². The fourth-order valence-corrected chi connectivity index (χ4v) is 0.967. The maximum absolute atomic E-state index is 9.14. The van der Waals surface area contributed by atoms with Gasteiger partial charge in [-0.1, -0.05) is 0 Å². The van der Waals surface area contributed by atoms with Gasteiger partial charge in [-0.15, -0.1) is 0 Å². The third-order valence-electron chi connectivity index (χ3n) is 1.65. The minimum absolute atomic E-state index is 0.0310. The minimum atomic E-state index is -0.545. The van der Waals surface area contributed by atoms with Gasteiger partial charge in [-0.25, -0.2) is 0 Å². The van der Waals surface area contributed by atoms with Crippen LogP contribution in [0.1, 0.15) is 19.4 Å². The zero-order valence-corrected chi connectivity index (χ0v) is 7.20. The van der Waals surface area contributed by atoms with E-state index in [1.54, 1.807) is 26.0 Å². The second-order valence-electron chi connectivity index (χ2n) is 3.46. The van der Waals surface area contributed by atoms with Gasteiger partial charge in [0.05, 0.1) is 0 Å². The number of rotatable bonds is 1. The van der Waals surface area contributed by atoms with Crippen molar-refractivity contribution in [1.29, 1.82) is 0 Å². The Kier molecular flexibility index (Phi) is 1.98. The maximum Gasteiger partial charge on any atom is 0.119 e. The molecular weight excluding hydrogens is 154 g/mol. The molecule has 1 aromatic rings. The average Bonchev–Trinajstić information content (AvgIpc) is 1.82. The van der Waals surface area contributed by atoms with Crippen LogP contribution < -0.4 is 5.73 Å². The van der Waals surface area contributed by atoms with E-state index < -0.39 is 5.54 Å². The molecule has 0 fully saturated rings. The van der Waals surface area contributed by atoms with Gasteiger partial charge in [0, 0.05) is 11.6 Å². The molecule has 1 rings (SSSR count). The van der Waals surface area contributed by atoms with Gasteiger partial charge in [0.2, 0.25) is 0 Å². The van der Waals surface area contributed by atoms with Crippen LogP contribution >= 0.6 is 0 Å². The molecule has 4 N–H and O–H groups in total. The van der Waals surface area contributed by atoms with Gasteiger partial charge in [-0.05, 0) is 31.5 Å². The highest BCUT2D eigenvalue weighted by molar-refractivity contribution is 5.39. The van der Waals surface area contributed by atoms with Crippen molar-refractivity contribution < 1.29 is 10.2 Å². The van der Waals surface area contributed by atoms with Crippen LogP contribution in [0.25, 0.3) is 0 Å². The molecule has 0 aliphatic rings. The van der Waals surface area contributed by atoms with E-state index in [0.717, 1.165) is 0 Å². The molecular formula is C9H13NO2. The first-order chi connectivity index (χ1) is 5.39. The number of hydrogen-bond acceptors (Lipinski definition) is 3. The molecule has 0 aromatic heterocycles. The zero-order chi connectivity index (χ0) is 9.35. The summed E-state index contributed by atoms with van der Waals surface area (Å²) >= 11 is 0. The highest BCUT2D eigenvalue weighted by Crippen LogP contribution is 2.26. The van der Waals surface area contributed by atoms with E-state index in [2.05, 4.69) is 0 Å². The average molecular weight is 167 g/mol. The van der Waals surface area contributed by atoms with Crippen LogP contribution in [0.2, 0.25) is 0 Å². The number of phenolic OH excluding ortho intramolecular Hbond substituents is 2. The lowest BCUT2D eigenvalue weighted by molar-refractivity contribution is 0.442. The summed E-state index contributed by atoms with van der Waals surface area (Å²) in [6.07, 6.45) is 0. The molecule has 0 saturated heterocycles. The summed E-state index contributed by atoms with van der Waals surface area (Å²) in [4.78, 5) is 0. The highest BCUT2D eigenvalue weighted by atomic mass is 16.3. The van der Waals surface area contributed by atoms with Gasteiger partial charge in [0.1, 0.15) is 11.5 Å². The topological polar surface area (TPSA) is 66.5 Å². The predicted molar refractivity (Wildman–Crippen MR) is 47.0 cm³/mol. The molecule has 66 valence electrons. The largest absolute Gasteiger partial charge is 0.508 e. The first-order valence-corrected chi connectivity index (χ1v) is 3.72. The summed E-state index contributed by atoms with van der Waals surface area (Å²) in [5, 5.41) is 18.3. The van der Waals surface area contributed by atoms with Crippen molar-refractivity contribution in [3.8, 4) is 11.5 Å². The second-order valence-corrected chi connectivity index (χ2v) is 3.46. The van der Waals surface area contributed by atoms with E-state index in [-0.39, 0.29) is 11.5 Å². The van der Waals surface area contributed by atoms with Crippen LogP contribution in [0.3, 0.4) is 0 Å². The van der Waals surface area contributed by atoms with E-state index in [1.165, 1.54) is 6.07 Å². The summed E-state index contributed by atoms with van der Waals surface area (Å²) in [5.41, 5.74) is 5.94. The third kappa shape index (κ3) is 1.89. The van der Waals surface area contributed by atoms with Crippen LogP contribution in [0.15, 0.2) is 18.2 Å². The van der Waals surface area contributed by atoms with Crippen molar-refractivity contribution in [2.24, 2.45) is 5.73 Å². The Bertz CT molecular complexity index is 269. The molecule has 0 atom stereocenters. The Morgan fingerprint density at radius 1 is 1.08 bits per heavy atom. The predicted octanol–water partition coefficient (Wildman–Crippen LogP) is 1.29. The van der Waals surface area contributed by atoms with Gasteiger partial charge in [0.15, 0.2) is 0 Å². The van der Waals surface area contributed by atoms with Crippen molar-refractivity contribution in [2.75, 3.05) is 0 Å². The van der Waals surface area contributed by atoms with Crippen molar-refractivity contribution in [1.82, 2.24) is 0 Å². The van der Waals surface area contributed by atoms with Gasteiger partial charge in [-0.2, -0.15) is 0 Å². The van der Waals surface area contributed by atoms with Crippen LogP contribution in [-0.2, 0) is 5.54 Å². The molecule has 3 heteroatoms. The number of nitrogens with two attached hydrogens (primary N) is 1. The quantitative estimate of drug-likeness (QED) is 0.590. The summed E-state index contributed by atoms with van der Waals surface area (Å²) in [5.74, 6) is 0.0621. The molecule has 0 amide bonds. The number of aromatic hydroxyl groups is 2. The Balaban J connectivity index is 3.18. The van der Waals surface area contributed by atoms with Crippen molar-refractivity contribution in [3.63, 3.8) is 0 Å². The Morgan fingerprint density at radius 3 is 1.83 bits per heavy atom. The summed E-state index contributed by atoms with van der Waals surface area (Å²) in [6, 6.07) is 4.36. The Hall–Kier alpha value is -1.22. The highest BCUT2D eigenvalue weighted by Gasteiger charge is 2.15. The molecule has 0 unspecified atom stereocenters. The fourth-order valence-electron chi connectivity index (χ4n) is 0.967. The molecule has 0 heterocycles. The molecule has 12 heavy (non-hydrogen) atoms. The molecule has 0 spiro atoms. The number of hydrogen-bond donors (Lipinski definition) is 3. The summed E-state index contributed by atoms with van der Waals surface area (Å²) in [6.45, 7) is 3.61. The first kappa shape index (κ1) is 8.87. The lowest BCUT2D eigenvalue weighted by Gasteiger charge is -2.19. The first-order valence-electron chi connectivity index (χ1n) is 3.72. The maximum atomic E-state index is 9.14. The zero-order valence-electron chi connectivity index (χ0n) is 7.20. The van der Waals surface area contributed by atoms with Crippen molar-refractivity contribution in [3.05, 3.63) is 23.8 Å². The van der Waals surface area contributed by atoms with Gasteiger partial charge in [0.25, 0.3) is 0 Å². The van der Waals surface area contributed by atoms with E-state index in [0.29, 0.717) is 5.56 Å². The van der Waals surface area contributed by atoms with E-state index >= 15 is 0 Å². The van der Waals surface area contributed by atoms with Crippen molar-refractivity contribution >= 4 is 0 Å². The van der Waals surface area contributed by atoms with E-state index in [4.69, 9.17) is 15.9 Å². The normalized spacial score (nSPS) is 11.6. The minimum Gasteiger partial charge on any atom is -0.508 e. The smallest absolute Gasteiger partial charge is 0.119 e. The standard InChI is InChI=1S/C9H13NO2/c1-9(2,10)6-3-7(11)5-8(12)4-6/h3-5,11-12H,10H2,1-2H3. The van der Waals surface area contributed by atoms with E-state index in [1.807, 2.05) is 0 Å². The summed E-state index contributed by atoms with van der Waals surface area (Å²) < 4.78 is 0. The number of benzene rings is 1. The Morgan fingerprint density at radius 2 is 1.50 bits per heavy atom. The van der Waals surface area contributed by atoms with Crippen LogP contribution in [-0.4, -0.2) is 10.2 Å². The molecule has 0 radical (unpaired) electrons. The molecule has 0 saturated carbocycles. The van der Waals surface area contributed by atoms with Gasteiger partial charge < -0.3 is 15.9 Å². The Labute approximate surface area is 71.5 Å². The van der Waals surface area contributed by atoms with Gasteiger partial charge in [-0.3, -0.25) is 0 Å². The third-order valence-corrected chi connectivity index (χ3v) is 1.65. The van der Waals surface area contributed by atoms with Crippen LogP contribution in [0.4, 0.5) is 0 Å². The van der Waals surface area contributed by atoms with Crippen LogP contribution in [0, 0.1) is 0 Å². The number of phenols is 2. The molecule has 0 aliphatic carbocycles. The lowest BCUT2D eigenvalue weighted by Crippen LogP contribution is -2.28. The van der Waals surface area contributed by atoms with Crippen molar-refractivity contribution in [2.45, 2.75) is 19.4 Å². The van der Waals surface area contributed by atoms with Gasteiger partial charge >= 0.3 is 0 Å². The van der Waals surface area contributed by atoms with E-state index in [9.17, 15) is 0 Å². The molecule has 1 aromatic carbocycles. The molecule has 0 bridgehead atoms. The monoisotopic (exact) mass is 167 g/mol. The SMILES string of the molecule is CC(C)(N)c1cc(O)cc(O)c1. The lowest BCUT2D eigenvalue weighted by atomic mass is 9.95. The fraction of sp³-hybridized carbons (Fsp3) is 0.333. The molecule has 3 nitrogen and oxygen atoms in total. The summed E-state index contributed by atoms with van der Waals surface area (Å²) in [7, 11) is 0. The second kappa shape index (κ2) is 2.68.